The molecule has 0 aromatic heterocycles. The summed E-state index contributed by atoms with van der Waals surface area (Å²) >= 11 is 0. The van der Waals surface area contributed by atoms with Crippen molar-refractivity contribution in [1.29, 1.82) is 0 Å². The van der Waals surface area contributed by atoms with Crippen molar-refractivity contribution in [3.63, 3.8) is 0 Å². The fraction of sp³-hybridized carbons (Fsp3) is 0.222. The maximum atomic E-state index is 12.1. The van der Waals surface area contributed by atoms with E-state index < -0.39 is 22.0 Å². The van der Waals surface area contributed by atoms with Crippen molar-refractivity contribution in [2.24, 2.45) is 5.73 Å². The predicted octanol–water partition coefficient (Wildman–Crippen LogP) is 0.952. The van der Waals surface area contributed by atoms with Gasteiger partial charge in [-0.2, -0.15) is 0 Å². The number of nitrogens with one attached hydrogen (secondary N) is 3. The van der Waals surface area contributed by atoms with Crippen LogP contribution in [0.4, 0.5) is 16.2 Å². The minimum absolute atomic E-state index is 0.0203. The number of carbonyl (C=O) groups is 2. The molecular formula is C18H23N5O4S. The molecule has 2 aromatic carbocycles. The molecule has 0 aliphatic rings. The summed E-state index contributed by atoms with van der Waals surface area (Å²) in [6.45, 7) is 0.0945. The summed E-state index contributed by atoms with van der Waals surface area (Å²) in [7, 11) is -0.0452. The highest BCUT2D eigenvalue weighted by molar-refractivity contribution is 7.89. The molecule has 2 aromatic rings. The lowest BCUT2D eigenvalue weighted by molar-refractivity contribution is 0.1000. The molecule has 150 valence electrons. The number of amides is 3. The largest absolute Gasteiger partial charge is 0.376 e. The summed E-state index contributed by atoms with van der Waals surface area (Å²) in [4.78, 5) is 25.4. The van der Waals surface area contributed by atoms with Gasteiger partial charge < -0.3 is 21.3 Å². The average Bonchev–Trinajstić information content (AvgIpc) is 2.65. The van der Waals surface area contributed by atoms with Gasteiger partial charge in [0.15, 0.2) is 0 Å². The van der Waals surface area contributed by atoms with Crippen LogP contribution in [-0.2, 0) is 10.0 Å². The quantitative estimate of drug-likeness (QED) is 0.485. The lowest BCUT2D eigenvalue weighted by Gasteiger charge is -2.19. The zero-order valence-corrected chi connectivity index (χ0v) is 16.4. The van der Waals surface area contributed by atoms with Gasteiger partial charge in [-0.25, -0.2) is 17.9 Å². The highest BCUT2D eigenvalue weighted by Crippen LogP contribution is 2.25. The third-order valence-corrected chi connectivity index (χ3v) is 5.24. The summed E-state index contributed by atoms with van der Waals surface area (Å²) in [5, 5.41) is 5.20. The molecule has 0 spiro atoms. The SMILES string of the molecule is CN(C)c1ccc(C(N)=O)cc1NC(=O)NCCNS(=O)(=O)c1ccccc1. The molecule has 9 nitrogen and oxygen atoms in total. The van der Waals surface area contributed by atoms with Crippen molar-refractivity contribution in [3.8, 4) is 0 Å². The van der Waals surface area contributed by atoms with Crippen LogP contribution < -0.4 is 26.0 Å². The maximum Gasteiger partial charge on any atom is 0.319 e. The molecule has 0 aliphatic carbocycles. The number of benzene rings is 2. The van der Waals surface area contributed by atoms with Crippen LogP contribution in [0.2, 0.25) is 0 Å². The Kier molecular flexibility index (Phi) is 6.96. The lowest BCUT2D eigenvalue weighted by Crippen LogP contribution is -2.37. The number of nitrogens with two attached hydrogens (primary N) is 1. The summed E-state index contributed by atoms with van der Waals surface area (Å²) < 4.78 is 26.6. The van der Waals surface area contributed by atoms with Gasteiger partial charge in [-0.05, 0) is 30.3 Å². The van der Waals surface area contributed by atoms with Gasteiger partial charge in [0, 0.05) is 32.7 Å². The second kappa shape index (κ2) is 9.20. The number of rotatable bonds is 8. The Morgan fingerprint density at radius 1 is 1.04 bits per heavy atom. The second-order valence-corrected chi connectivity index (χ2v) is 7.85. The summed E-state index contributed by atoms with van der Waals surface area (Å²) in [5.41, 5.74) is 6.63. The third kappa shape index (κ3) is 5.69. The smallest absolute Gasteiger partial charge is 0.319 e. The Labute approximate surface area is 164 Å². The van der Waals surface area contributed by atoms with E-state index >= 15 is 0 Å². The number of urea groups is 1. The van der Waals surface area contributed by atoms with Crippen molar-refractivity contribution in [1.82, 2.24) is 10.0 Å². The van der Waals surface area contributed by atoms with Crippen LogP contribution in [0.1, 0.15) is 10.4 Å². The molecule has 0 saturated heterocycles. The van der Waals surface area contributed by atoms with Gasteiger partial charge in [0.25, 0.3) is 0 Å². The van der Waals surface area contributed by atoms with Crippen LogP contribution >= 0.6 is 0 Å². The van der Waals surface area contributed by atoms with E-state index in [-0.39, 0.29) is 23.5 Å². The Balaban J connectivity index is 1.92. The Morgan fingerprint density at radius 2 is 1.71 bits per heavy atom. The summed E-state index contributed by atoms with van der Waals surface area (Å²) in [5.74, 6) is -0.607. The fourth-order valence-corrected chi connectivity index (χ4v) is 3.44. The topological polar surface area (TPSA) is 134 Å². The summed E-state index contributed by atoms with van der Waals surface area (Å²) in [6.07, 6.45) is 0. The summed E-state index contributed by atoms with van der Waals surface area (Å²) in [6, 6.07) is 12.1. The van der Waals surface area contributed by atoms with Crippen molar-refractivity contribution in [3.05, 3.63) is 54.1 Å². The number of anilines is 2. The molecule has 0 aliphatic heterocycles. The van der Waals surface area contributed by atoms with Crippen LogP contribution in [0, 0.1) is 0 Å². The van der Waals surface area contributed by atoms with Gasteiger partial charge in [0.05, 0.1) is 16.3 Å². The Bertz CT molecular complexity index is 946. The van der Waals surface area contributed by atoms with E-state index in [0.29, 0.717) is 11.4 Å². The second-order valence-electron chi connectivity index (χ2n) is 6.08. The average molecular weight is 405 g/mol. The van der Waals surface area contributed by atoms with Crippen LogP contribution in [0.3, 0.4) is 0 Å². The fourth-order valence-electron chi connectivity index (χ4n) is 2.39. The van der Waals surface area contributed by atoms with Crippen LogP contribution in [0.15, 0.2) is 53.4 Å². The van der Waals surface area contributed by atoms with E-state index in [1.807, 2.05) is 0 Å². The number of hydrogen-bond acceptors (Lipinski definition) is 5. The number of carbonyl (C=O) groups excluding carboxylic acids is 2. The van der Waals surface area contributed by atoms with Gasteiger partial charge in [0.2, 0.25) is 15.9 Å². The Morgan fingerprint density at radius 3 is 2.32 bits per heavy atom. The lowest BCUT2D eigenvalue weighted by atomic mass is 10.1. The molecule has 0 radical (unpaired) electrons. The predicted molar refractivity (Wildman–Crippen MR) is 108 cm³/mol. The first-order valence-electron chi connectivity index (χ1n) is 8.41. The Hall–Kier alpha value is -3.11. The number of primary amides is 1. The first kappa shape index (κ1) is 21.2. The molecule has 0 heterocycles. The van der Waals surface area contributed by atoms with Gasteiger partial charge in [-0.3, -0.25) is 4.79 Å². The molecule has 2 rings (SSSR count). The van der Waals surface area contributed by atoms with E-state index in [9.17, 15) is 18.0 Å². The highest BCUT2D eigenvalue weighted by Gasteiger charge is 2.14. The van der Waals surface area contributed by atoms with Gasteiger partial charge >= 0.3 is 6.03 Å². The number of sulfonamides is 1. The molecule has 3 amide bonds. The number of hydrogen-bond donors (Lipinski definition) is 4. The van der Waals surface area contributed by atoms with E-state index in [4.69, 9.17) is 5.73 Å². The van der Waals surface area contributed by atoms with Crippen molar-refractivity contribution < 1.29 is 18.0 Å². The van der Waals surface area contributed by atoms with E-state index in [1.165, 1.54) is 18.2 Å². The van der Waals surface area contributed by atoms with E-state index in [1.54, 1.807) is 49.3 Å². The van der Waals surface area contributed by atoms with Crippen LogP contribution in [0.5, 0.6) is 0 Å². The normalized spacial score (nSPS) is 10.9. The van der Waals surface area contributed by atoms with Crippen molar-refractivity contribution in [2.45, 2.75) is 4.90 Å². The molecule has 0 fully saturated rings. The molecule has 28 heavy (non-hydrogen) atoms. The molecule has 10 heteroatoms. The molecule has 0 bridgehead atoms. The maximum absolute atomic E-state index is 12.1. The van der Waals surface area contributed by atoms with E-state index in [2.05, 4.69) is 15.4 Å². The molecule has 0 atom stereocenters. The molecule has 5 N–H and O–H groups in total. The highest BCUT2D eigenvalue weighted by atomic mass is 32.2. The van der Waals surface area contributed by atoms with Gasteiger partial charge in [-0.1, -0.05) is 18.2 Å². The van der Waals surface area contributed by atoms with Gasteiger partial charge in [0.1, 0.15) is 0 Å². The third-order valence-electron chi connectivity index (χ3n) is 3.77. The first-order valence-corrected chi connectivity index (χ1v) is 9.90. The van der Waals surface area contributed by atoms with Gasteiger partial charge in [-0.15, -0.1) is 0 Å². The zero-order valence-electron chi connectivity index (χ0n) is 15.6. The zero-order chi connectivity index (χ0) is 20.7. The standard InChI is InChI=1S/C18H23N5O4S/c1-23(2)16-9-8-13(17(19)24)12-15(16)22-18(25)20-10-11-21-28(26,27)14-6-4-3-5-7-14/h3-9,12,21H,10-11H2,1-2H3,(H2,19,24)(H2,20,22,25). The molecular weight excluding hydrogens is 382 g/mol. The first-order chi connectivity index (χ1) is 13.2. The number of nitrogens with zero attached hydrogens (tertiary/aromatic N) is 1. The molecule has 0 unspecified atom stereocenters. The van der Waals surface area contributed by atoms with Crippen LogP contribution in [0.25, 0.3) is 0 Å². The van der Waals surface area contributed by atoms with E-state index in [0.717, 1.165) is 0 Å². The van der Waals surface area contributed by atoms with Crippen LogP contribution in [-0.4, -0.2) is 47.5 Å². The monoisotopic (exact) mass is 405 g/mol. The van der Waals surface area contributed by atoms with Crippen molar-refractivity contribution in [2.75, 3.05) is 37.4 Å². The minimum atomic E-state index is -3.63. The molecule has 0 saturated carbocycles. The minimum Gasteiger partial charge on any atom is -0.376 e. The van der Waals surface area contributed by atoms with Crippen molar-refractivity contribution >= 4 is 33.3 Å².